The maximum absolute atomic E-state index is 6.02. The number of hydrogen-bond acceptors (Lipinski definition) is 2. The minimum Gasteiger partial charge on any atom is -0.271 e. The molecule has 1 fully saturated rings. The summed E-state index contributed by atoms with van der Waals surface area (Å²) in [6.45, 7) is 2.03. The molecule has 0 spiro atoms. The first-order valence-corrected chi connectivity index (χ1v) is 6.30. The lowest BCUT2D eigenvalue weighted by Gasteiger charge is -2.29. The molecule has 88 valence electrons. The second-order valence-corrected chi connectivity index (χ2v) is 5.17. The minimum absolute atomic E-state index is 0.265. The van der Waals surface area contributed by atoms with Crippen molar-refractivity contribution in [3.63, 3.8) is 0 Å². The molecule has 0 radical (unpaired) electrons. The Morgan fingerprint density at radius 2 is 2.25 bits per heavy atom. The molecular formula is C13H19ClN2. The van der Waals surface area contributed by atoms with E-state index < -0.39 is 0 Å². The van der Waals surface area contributed by atoms with Crippen LogP contribution in [-0.4, -0.2) is 0 Å². The SMILES string of the molecule is Cc1cc(C(CC2CCC2)NN)ccc1Cl. The molecule has 0 aliphatic heterocycles. The predicted molar refractivity (Wildman–Crippen MR) is 68.2 cm³/mol. The van der Waals surface area contributed by atoms with Crippen LogP contribution >= 0.6 is 11.6 Å². The molecule has 1 aliphatic carbocycles. The van der Waals surface area contributed by atoms with Crippen molar-refractivity contribution in [3.8, 4) is 0 Å². The third-order valence-electron chi connectivity index (χ3n) is 3.58. The Labute approximate surface area is 102 Å². The molecule has 1 saturated carbocycles. The zero-order valence-electron chi connectivity index (χ0n) is 9.67. The Balaban J connectivity index is 2.09. The maximum atomic E-state index is 6.02. The molecule has 0 saturated heterocycles. The number of hydrogen-bond donors (Lipinski definition) is 2. The predicted octanol–water partition coefficient (Wildman–Crippen LogP) is 3.34. The van der Waals surface area contributed by atoms with E-state index in [2.05, 4.69) is 17.6 Å². The Kier molecular flexibility index (Phi) is 3.85. The van der Waals surface area contributed by atoms with Crippen LogP contribution < -0.4 is 11.3 Å². The van der Waals surface area contributed by atoms with Crippen molar-refractivity contribution >= 4 is 11.6 Å². The normalized spacial score (nSPS) is 18.2. The van der Waals surface area contributed by atoms with Gasteiger partial charge in [-0.25, -0.2) is 0 Å². The van der Waals surface area contributed by atoms with Gasteiger partial charge in [-0.3, -0.25) is 11.3 Å². The molecule has 0 bridgehead atoms. The topological polar surface area (TPSA) is 38.0 Å². The number of rotatable bonds is 4. The van der Waals surface area contributed by atoms with Gasteiger partial charge in [0.15, 0.2) is 0 Å². The average molecular weight is 239 g/mol. The monoisotopic (exact) mass is 238 g/mol. The summed E-state index contributed by atoms with van der Waals surface area (Å²) < 4.78 is 0. The van der Waals surface area contributed by atoms with Crippen LogP contribution in [0.15, 0.2) is 18.2 Å². The molecule has 1 aromatic rings. The molecule has 1 aromatic carbocycles. The van der Waals surface area contributed by atoms with Gasteiger partial charge in [-0.15, -0.1) is 0 Å². The summed E-state index contributed by atoms with van der Waals surface area (Å²) in [7, 11) is 0. The average Bonchev–Trinajstić information content (AvgIpc) is 2.21. The van der Waals surface area contributed by atoms with E-state index in [4.69, 9.17) is 17.4 Å². The van der Waals surface area contributed by atoms with E-state index in [-0.39, 0.29) is 6.04 Å². The number of aryl methyl sites for hydroxylation is 1. The van der Waals surface area contributed by atoms with Crippen molar-refractivity contribution < 1.29 is 0 Å². The van der Waals surface area contributed by atoms with E-state index in [0.29, 0.717) is 0 Å². The molecule has 2 rings (SSSR count). The van der Waals surface area contributed by atoms with Crippen LogP contribution in [0.5, 0.6) is 0 Å². The quantitative estimate of drug-likeness (QED) is 0.624. The lowest BCUT2D eigenvalue weighted by Crippen LogP contribution is -2.31. The van der Waals surface area contributed by atoms with Gasteiger partial charge in [0.05, 0.1) is 0 Å². The van der Waals surface area contributed by atoms with Gasteiger partial charge in [-0.2, -0.15) is 0 Å². The molecule has 1 unspecified atom stereocenters. The second-order valence-electron chi connectivity index (χ2n) is 4.76. The second kappa shape index (κ2) is 5.17. The summed E-state index contributed by atoms with van der Waals surface area (Å²) in [6, 6.07) is 6.42. The highest BCUT2D eigenvalue weighted by Gasteiger charge is 2.22. The molecule has 0 heterocycles. The van der Waals surface area contributed by atoms with E-state index >= 15 is 0 Å². The number of nitrogens with two attached hydrogens (primary N) is 1. The van der Waals surface area contributed by atoms with Crippen molar-refractivity contribution in [3.05, 3.63) is 34.3 Å². The fraction of sp³-hybridized carbons (Fsp3) is 0.538. The number of nitrogens with one attached hydrogen (secondary N) is 1. The summed E-state index contributed by atoms with van der Waals surface area (Å²) >= 11 is 6.02. The molecule has 1 aliphatic rings. The van der Waals surface area contributed by atoms with Gasteiger partial charge >= 0.3 is 0 Å². The Morgan fingerprint density at radius 3 is 2.75 bits per heavy atom. The van der Waals surface area contributed by atoms with Gasteiger partial charge in [0.2, 0.25) is 0 Å². The molecule has 3 heteroatoms. The van der Waals surface area contributed by atoms with Crippen LogP contribution in [0.4, 0.5) is 0 Å². The fourth-order valence-electron chi connectivity index (χ4n) is 2.25. The first kappa shape index (κ1) is 11.9. The Hall–Kier alpha value is -0.570. The first-order valence-electron chi connectivity index (χ1n) is 5.93. The van der Waals surface area contributed by atoms with E-state index in [1.165, 1.54) is 24.8 Å². The van der Waals surface area contributed by atoms with Crippen LogP contribution in [0.2, 0.25) is 5.02 Å². The van der Waals surface area contributed by atoms with E-state index in [9.17, 15) is 0 Å². The smallest absolute Gasteiger partial charge is 0.0462 e. The maximum Gasteiger partial charge on any atom is 0.0462 e. The minimum atomic E-state index is 0.265. The van der Waals surface area contributed by atoms with Crippen molar-refractivity contribution in [1.29, 1.82) is 0 Å². The molecule has 2 nitrogen and oxygen atoms in total. The van der Waals surface area contributed by atoms with Gasteiger partial charge in [0, 0.05) is 11.1 Å². The summed E-state index contributed by atoms with van der Waals surface area (Å²) in [4.78, 5) is 0. The molecule has 1 atom stereocenters. The highest BCUT2D eigenvalue weighted by molar-refractivity contribution is 6.31. The summed E-state index contributed by atoms with van der Waals surface area (Å²) in [5, 5.41) is 0.822. The lowest BCUT2D eigenvalue weighted by atomic mass is 9.79. The largest absolute Gasteiger partial charge is 0.271 e. The molecular weight excluding hydrogens is 220 g/mol. The van der Waals surface area contributed by atoms with Gasteiger partial charge in [0.25, 0.3) is 0 Å². The van der Waals surface area contributed by atoms with Gasteiger partial charge in [-0.05, 0) is 36.5 Å². The van der Waals surface area contributed by atoms with Gasteiger partial charge < -0.3 is 0 Å². The van der Waals surface area contributed by atoms with E-state index in [1.54, 1.807) is 0 Å². The number of hydrazine groups is 1. The highest BCUT2D eigenvalue weighted by Crippen LogP contribution is 2.35. The van der Waals surface area contributed by atoms with Crippen LogP contribution in [0.1, 0.15) is 42.9 Å². The van der Waals surface area contributed by atoms with Gasteiger partial charge in [-0.1, -0.05) is 43.0 Å². The summed E-state index contributed by atoms with van der Waals surface area (Å²) in [5.41, 5.74) is 5.29. The summed E-state index contributed by atoms with van der Waals surface area (Å²) in [5.74, 6) is 6.48. The van der Waals surface area contributed by atoms with Crippen molar-refractivity contribution in [2.45, 2.75) is 38.6 Å². The lowest BCUT2D eigenvalue weighted by molar-refractivity contribution is 0.262. The molecule has 3 N–H and O–H groups in total. The third-order valence-corrected chi connectivity index (χ3v) is 4.00. The fourth-order valence-corrected chi connectivity index (χ4v) is 2.36. The van der Waals surface area contributed by atoms with Crippen molar-refractivity contribution in [2.75, 3.05) is 0 Å². The van der Waals surface area contributed by atoms with Crippen LogP contribution in [0, 0.1) is 12.8 Å². The standard InChI is InChI=1S/C13H19ClN2/c1-9-7-11(5-6-12(9)14)13(16-15)8-10-3-2-4-10/h5-7,10,13,16H,2-4,8,15H2,1H3. The zero-order chi connectivity index (χ0) is 11.5. The highest BCUT2D eigenvalue weighted by atomic mass is 35.5. The van der Waals surface area contributed by atoms with E-state index in [0.717, 1.165) is 22.9 Å². The third kappa shape index (κ3) is 2.57. The van der Waals surface area contributed by atoms with E-state index in [1.807, 2.05) is 13.0 Å². The number of halogens is 1. The van der Waals surface area contributed by atoms with Crippen LogP contribution in [0.25, 0.3) is 0 Å². The van der Waals surface area contributed by atoms with Crippen LogP contribution in [0.3, 0.4) is 0 Å². The Morgan fingerprint density at radius 1 is 1.50 bits per heavy atom. The molecule has 16 heavy (non-hydrogen) atoms. The van der Waals surface area contributed by atoms with Gasteiger partial charge in [0.1, 0.15) is 0 Å². The molecule has 0 aromatic heterocycles. The van der Waals surface area contributed by atoms with Crippen molar-refractivity contribution in [1.82, 2.24) is 5.43 Å². The zero-order valence-corrected chi connectivity index (χ0v) is 10.4. The van der Waals surface area contributed by atoms with Crippen LogP contribution in [-0.2, 0) is 0 Å². The Bertz CT molecular complexity index is 361. The number of benzene rings is 1. The van der Waals surface area contributed by atoms with Crippen molar-refractivity contribution in [2.24, 2.45) is 11.8 Å². The summed E-state index contributed by atoms with van der Waals surface area (Å²) in [6.07, 6.45) is 5.22. The first-order chi connectivity index (χ1) is 7.70. The molecule has 0 amide bonds.